The minimum atomic E-state index is -0.115. The van der Waals surface area contributed by atoms with Crippen LogP contribution in [-0.4, -0.2) is 12.4 Å². The molecule has 0 aliphatic carbocycles. The number of carbonyl (C=O) groups excluding carboxylic acids is 1. The highest BCUT2D eigenvalue weighted by Crippen LogP contribution is 2.22. The van der Waals surface area contributed by atoms with Crippen LogP contribution in [0.4, 0.5) is 0 Å². The molecule has 0 saturated heterocycles. The number of carbonyl (C=O) groups is 1. The van der Waals surface area contributed by atoms with E-state index in [1.807, 2.05) is 43.3 Å². The van der Waals surface area contributed by atoms with Crippen molar-refractivity contribution in [3.05, 3.63) is 47.7 Å². The van der Waals surface area contributed by atoms with Crippen molar-refractivity contribution in [2.75, 3.05) is 6.61 Å². The first kappa shape index (κ1) is 9.97. The minimum Gasteiger partial charge on any atom is -0.490 e. The van der Waals surface area contributed by atoms with Crippen LogP contribution in [0.1, 0.15) is 24.8 Å². The third-order valence-electron chi connectivity index (χ3n) is 2.64. The Kier molecular flexibility index (Phi) is 2.86. The molecule has 0 saturated carbocycles. The van der Waals surface area contributed by atoms with Gasteiger partial charge in [-0.1, -0.05) is 37.3 Å². The SMILES string of the molecule is CC(C(=O)C1=CCCO1)c1ccccc1. The van der Waals surface area contributed by atoms with Crippen LogP contribution >= 0.6 is 0 Å². The van der Waals surface area contributed by atoms with Crippen molar-refractivity contribution < 1.29 is 9.53 Å². The molecule has 0 fully saturated rings. The van der Waals surface area contributed by atoms with Gasteiger partial charge in [-0.3, -0.25) is 4.79 Å². The zero-order chi connectivity index (χ0) is 10.7. The normalized spacial score (nSPS) is 16.7. The number of hydrogen-bond donors (Lipinski definition) is 0. The van der Waals surface area contributed by atoms with E-state index in [2.05, 4.69) is 0 Å². The summed E-state index contributed by atoms with van der Waals surface area (Å²) in [5.74, 6) is 0.501. The van der Waals surface area contributed by atoms with Crippen LogP contribution in [0.3, 0.4) is 0 Å². The average molecular weight is 202 g/mol. The molecule has 1 aromatic carbocycles. The van der Waals surface area contributed by atoms with Crippen LogP contribution in [0.15, 0.2) is 42.2 Å². The first-order chi connectivity index (χ1) is 7.29. The second kappa shape index (κ2) is 4.30. The van der Waals surface area contributed by atoms with Crippen LogP contribution in [0.5, 0.6) is 0 Å². The molecule has 1 unspecified atom stereocenters. The summed E-state index contributed by atoms with van der Waals surface area (Å²) < 4.78 is 5.27. The molecule has 0 N–H and O–H groups in total. The fourth-order valence-electron chi connectivity index (χ4n) is 1.70. The molecule has 0 spiro atoms. The van der Waals surface area contributed by atoms with Crippen LogP contribution < -0.4 is 0 Å². The Morgan fingerprint density at radius 2 is 2.07 bits per heavy atom. The molecule has 1 aromatic rings. The zero-order valence-corrected chi connectivity index (χ0v) is 8.77. The summed E-state index contributed by atoms with van der Waals surface area (Å²) in [6.07, 6.45) is 2.73. The maximum Gasteiger partial charge on any atom is 0.204 e. The first-order valence-electron chi connectivity index (χ1n) is 5.21. The van der Waals surface area contributed by atoms with Crippen molar-refractivity contribution in [2.24, 2.45) is 0 Å². The van der Waals surface area contributed by atoms with Crippen molar-refractivity contribution in [1.82, 2.24) is 0 Å². The van der Waals surface area contributed by atoms with E-state index in [-0.39, 0.29) is 11.7 Å². The van der Waals surface area contributed by atoms with Gasteiger partial charge < -0.3 is 4.74 Å². The van der Waals surface area contributed by atoms with E-state index >= 15 is 0 Å². The van der Waals surface area contributed by atoms with Gasteiger partial charge in [0.2, 0.25) is 5.78 Å². The smallest absolute Gasteiger partial charge is 0.204 e. The number of hydrogen-bond acceptors (Lipinski definition) is 2. The van der Waals surface area contributed by atoms with E-state index in [4.69, 9.17) is 4.74 Å². The van der Waals surface area contributed by atoms with Crippen molar-refractivity contribution in [1.29, 1.82) is 0 Å². The molecule has 1 aliphatic rings. The largest absolute Gasteiger partial charge is 0.490 e. The van der Waals surface area contributed by atoms with Crippen molar-refractivity contribution >= 4 is 5.78 Å². The Balaban J connectivity index is 2.14. The standard InChI is InChI=1S/C13H14O2/c1-10(11-6-3-2-4-7-11)13(14)12-8-5-9-15-12/h2-4,6-8,10H,5,9H2,1H3. The zero-order valence-electron chi connectivity index (χ0n) is 8.77. The molecular weight excluding hydrogens is 188 g/mol. The van der Waals surface area contributed by atoms with E-state index in [0.29, 0.717) is 12.4 Å². The summed E-state index contributed by atoms with van der Waals surface area (Å²) in [6.45, 7) is 2.56. The van der Waals surface area contributed by atoms with Crippen molar-refractivity contribution in [2.45, 2.75) is 19.3 Å². The molecule has 0 radical (unpaired) electrons. The Labute approximate surface area is 89.6 Å². The number of Topliss-reactive ketones (excluding diaryl/α,β-unsaturated/α-hetero) is 1. The van der Waals surface area contributed by atoms with Crippen LogP contribution in [0.25, 0.3) is 0 Å². The molecule has 1 atom stereocenters. The van der Waals surface area contributed by atoms with Crippen LogP contribution in [-0.2, 0) is 9.53 Å². The Morgan fingerprint density at radius 1 is 1.33 bits per heavy atom. The lowest BCUT2D eigenvalue weighted by atomic mass is 9.96. The summed E-state index contributed by atoms with van der Waals surface area (Å²) in [5, 5.41) is 0. The molecule has 78 valence electrons. The highest BCUT2D eigenvalue weighted by molar-refractivity contribution is 5.98. The maximum absolute atomic E-state index is 12.0. The predicted octanol–water partition coefficient (Wildman–Crippen LogP) is 2.66. The van der Waals surface area contributed by atoms with Gasteiger partial charge in [-0.05, 0) is 11.6 Å². The minimum absolute atomic E-state index is 0.0821. The molecule has 0 amide bonds. The second-order valence-electron chi connectivity index (χ2n) is 3.70. The van der Waals surface area contributed by atoms with Gasteiger partial charge in [0.1, 0.15) is 0 Å². The van der Waals surface area contributed by atoms with E-state index in [1.54, 1.807) is 0 Å². The van der Waals surface area contributed by atoms with Crippen molar-refractivity contribution in [3.8, 4) is 0 Å². The van der Waals surface area contributed by atoms with Crippen LogP contribution in [0.2, 0.25) is 0 Å². The van der Waals surface area contributed by atoms with E-state index in [1.165, 1.54) is 0 Å². The Morgan fingerprint density at radius 3 is 2.67 bits per heavy atom. The highest BCUT2D eigenvalue weighted by Gasteiger charge is 2.22. The van der Waals surface area contributed by atoms with Gasteiger partial charge in [0.05, 0.1) is 6.61 Å². The Bertz CT molecular complexity index is 379. The topological polar surface area (TPSA) is 26.3 Å². The Hall–Kier alpha value is -1.57. The summed E-state index contributed by atoms with van der Waals surface area (Å²) >= 11 is 0. The number of benzene rings is 1. The molecule has 1 aliphatic heterocycles. The van der Waals surface area contributed by atoms with Gasteiger partial charge in [-0.15, -0.1) is 0 Å². The van der Waals surface area contributed by atoms with Gasteiger partial charge in [-0.25, -0.2) is 0 Å². The third kappa shape index (κ3) is 2.09. The lowest BCUT2D eigenvalue weighted by molar-refractivity contribution is -0.119. The van der Waals surface area contributed by atoms with Gasteiger partial charge in [-0.2, -0.15) is 0 Å². The van der Waals surface area contributed by atoms with Crippen molar-refractivity contribution in [3.63, 3.8) is 0 Å². The molecule has 15 heavy (non-hydrogen) atoms. The summed E-state index contributed by atoms with van der Waals surface area (Å²) in [5.41, 5.74) is 1.04. The van der Waals surface area contributed by atoms with E-state index in [9.17, 15) is 4.79 Å². The fraction of sp³-hybridized carbons (Fsp3) is 0.308. The highest BCUT2D eigenvalue weighted by atomic mass is 16.5. The molecule has 0 aromatic heterocycles. The monoisotopic (exact) mass is 202 g/mol. The first-order valence-corrected chi connectivity index (χ1v) is 5.21. The number of ketones is 1. The molecule has 0 bridgehead atoms. The predicted molar refractivity (Wildman–Crippen MR) is 58.5 cm³/mol. The van der Waals surface area contributed by atoms with Crippen LogP contribution in [0, 0.1) is 0 Å². The molecule has 2 rings (SSSR count). The second-order valence-corrected chi connectivity index (χ2v) is 3.70. The quantitative estimate of drug-likeness (QED) is 0.753. The molecular formula is C13H14O2. The number of ether oxygens (including phenoxy) is 1. The fourth-order valence-corrected chi connectivity index (χ4v) is 1.70. The average Bonchev–Trinajstić information content (AvgIpc) is 2.82. The van der Waals surface area contributed by atoms with Gasteiger partial charge in [0.15, 0.2) is 5.76 Å². The summed E-state index contributed by atoms with van der Waals surface area (Å²) in [6, 6.07) is 9.79. The number of allylic oxidation sites excluding steroid dienone is 1. The molecule has 2 heteroatoms. The third-order valence-corrected chi connectivity index (χ3v) is 2.64. The van der Waals surface area contributed by atoms with E-state index in [0.717, 1.165) is 12.0 Å². The lowest BCUT2D eigenvalue weighted by Gasteiger charge is -2.11. The number of rotatable bonds is 3. The maximum atomic E-state index is 12.0. The van der Waals surface area contributed by atoms with Gasteiger partial charge in [0.25, 0.3) is 0 Å². The summed E-state index contributed by atoms with van der Waals surface area (Å²) in [4.78, 5) is 12.0. The molecule has 2 nitrogen and oxygen atoms in total. The molecule has 1 heterocycles. The van der Waals surface area contributed by atoms with E-state index < -0.39 is 0 Å². The lowest BCUT2D eigenvalue weighted by Crippen LogP contribution is -2.12. The van der Waals surface area contributed by atoms with Gasteiger partial charge >= 0.3 is 0 Å². The van der Waals surface area contributed by atoms with Gasteiger partial charge in [0, 0.05) is 12.3 Å². The summed E-state index contributed by atoms with van der Waals surface area (Å²) in [7, 11) is 0.